The van der Waals surface area contributed by atoms with Crippen LogP contribution < -0.4 is 0 Å². The molecule has 0 spiro atoms. The van der Waals surface area contributed by atoms with Crippen molar-refractivity contribution in [1.29, 1.82) is 0 Å². The zero-order valence-electron chi connectivity index (χ0n) is 8.15. The van der Waals surface area contributed by atoms with Crippen LogP contribution in [-0.2, 0) is 0 Å². The molecular formula is C11H20O2. The largest absolute Gasteiger partial charge is 0.390 e. The molecule has 76 valence electrons. The summed E-state index contributed by atoms with van der Waals surface area (Å²) in [5.41, 5.74) is 0. The van der Waals surface area contributed by atoms with Crippen LogP contribution in [0.15, 0.2) is 0 Å². The summed E-state index contributed by atoms with van der Waals surface area (Å²) in [6.45, 7) is 0. The average Bonchev–Trinajstić information content (AvgIpc) is 2.62. The van der Waals surface area contributed by atoms with Crippen molar-refractivity contribution in [2.45, 2.75) is 57.2 Å². The molecule has 0 amide bonds. The number of hydrogen-bond acceptors (Lipinski definition) is 2. The van der Waals surface area contributed by atoms with Gasteiger partial charge in [-0.2, -0.15) is 0 Å². The lowest BCUT2D eigenvalue weighted by atomic mass is 9.76. The molecule has 2 aliphatic carbocycles. The van der Waals surface area contributed by atoms with Gasteiger partial charge in [-0.05, 0) is 24.7 Å². The zero-order valence-corrected chi connectivity index (χ0v) is 8.15. The lowest BCUT2D eigenvalue weighted by Crippen LogP contribution is -2.40. The fourth-order valence-corrected chi connectivity index (χ4v) is 3.09. The third kappa shape index (κ3) is 1.89. The molecule has 3 atom stereocenters. The number of aliphatic hydroxyl groups excluding tert-OH is 2. The maximum absolute atomic E-state index is 9.85. The van der Waals surface area contributed by atoms with E-state index < -0.39 is 12.2 Å². The first-order chi connectivity index (χ1) is 6.29. The van der Waals surface area contributed by atoms with Gasteiger partial charge in [0.1, 0.15) is 0 Å². The molecule has 13 heavy (non-hydrogen) atoms. The summed E-state index contributed by atoms with van der Waals surface area (Å²) < 4.78 is 0. The molecule has 0 saturated heterocycles. The van der Waals surface area contributed by atoms with Crippen molar-refractivity contribution < 1.29 is 10.2 Å². The van der Waals surface area contributed by atoms with Gasteiger partial charge in [-0.25, -0.2) is 0 Å². The minimum Gasteiger partial charge on any atom is -0.390 e. The first-order valence-electron chi connectivity index (χ1n) is 5.65. The van der Waals surface area contributed by atoms with Crippen molar-refractivity contribution in [3.8, 4) is 0 Å². The molecule has 0 aromatic carbocycles. The molecule has 0 aromatic heterocycles. The third-order valence-corrected chi connectivity index (χ3v) is 3.88. The van der Waals surface area contributed by atoms with E-state index in [0.717, 1.165) is 19.3 Å². The Bertz CT molecular complexity index is 161. The van der Waals surface area contributed by atoms with Crippen LogP contribution in [0, 0.1) is 11.8 Å². The summed E-state index contributed by atoms with van der Waals surface area (Å²) in [6.07, 6.45) is 7.33. The number of rotatable bonds is 1. The van der Waals surface area contributed by atoms with Crippen LogP contribution in [0.4, 0.5) is 0 Å². The Balaban J connectivity index is 1.95. The van der Waals surface area contributed by atoms with Crippen LogP contribution in [-0.4, -0.2) is 22.4 Å². The molecule has 2 aliphatic rings. The van der Waals surface area contributed by atoms with E-state index in [4.69, 9.17) is 0 Å². The summed E-state index contributed by atoms with van der Waals surface area (Å²) >= 11 is 0. The molecule has 0 heterocycles. The molecule has 2 N–H and O–H groups in total. The van der Waals surface area contributed by atoms with Crippen LogP contribution in [0.2, 0.25) is 0 Å². The molecule has 3 unspecified atom stereocenters. The van der Waals surface area contributed by atoms with Gasteiger partial charge in [0.15, 0.2) is 0 Å². The minimum atomic E-state index is -0.445. The standard InChI is InChI=1S/C11H20O2/c12-10-7-3-6-9(11(10)13)8-4-1-2-5-8/h8-13H,1-7H2. The number of aliphatic hydroxyl groups is 2. The van der Waals surface area contributed by atoms with Crippen LogP contribution in [0.25, 0.3) is 0 Å². The SMILES string of the molecule is OC1CCCC(C2CCCC2)C1O. The Morgan fingerprint density at radius 1 is 0.769 bits per heavy atom. The smallest absolute Gasteiger partial charge is 0.0829 e. The monoisotopic (exact) mass is 184 g/mol. The van der Waals surface area contributed by atoms with Crippen molar-refractivity contribution in [3.63, 3.8) is 0 Å². The molecule has 2 fully saturated rings. The first-order valence-corrected chi connectivity index (χ1v) is 5.65. The van der Waals surface area contributed by atoms with Gasteiger partial charge in [-0.1, -0.05) is 32.1 Å². The highest BCUT2D eigenvalue weighted by atomic mass is 16.3. The van der Waals surface area contributed by atoms with Crippen molar-refractivity contribution >= 4 is 0 Å². The zero-order chi connectivity index (χ0) is 9.26. The van der Waals surface area contributed by atoms with Gasteiger partial charge >= 0.3 is 0 Å². The van der Waals surface area contributed by atoms with Crippen LogP contribution >= 0.6 is 0 Å². The Kier molecular flexibility index (Phi) is 2.89. The maximum Gasteiger partial charge on any atom is 0.0829 e. The van der Waals surface area contributed by atoms with E-state index >= 15 is 0 Å². The van der Waals surface area contributed by atoms with Crippen molar-refractivity contribution in [3.05, 3.63) is 0 Å². The second-order valence-electron chi connectivity index (χ2n) is 4.70. The van der Waals surface area contributed by atoms with Crippen molar-refractivity contribution in [1.82, 2.24) is 0 Å². The van der Waals surface area contributed by atoms with E-state index in [0.29, 0.717) is 11.8 Å². The normalized spacial score (nSPS) is 42.5. The molecule has 2 nitrogen and oxygen atoms in total. The number of hydrogen-bond donors (Lipinski definition) is 2. The van der Waals surface area contributed by atoms with Gasteiger partial charge in [-0.3, -0.25) is 0 Å². The van der Waals surface area contributed by atoms with E-state index in [-0.39, 0.29) is 0 Å². The summed E-state index contributed by atoms with van der Waals surface area (Å²) in [6, 6.07) is 0. The predicted molar refractivity (Wildman–Crippen MR) is 51.3 cm³/mol. The molecule has 0 bridgehead atoms. The van der Waals surface area contributed by atoms with Crippen LogP contribution in [0.1, 0.15) is 44.9 Å². The van der Waals surface area contributed by atoms with Crippen molar-refractivity contribution in [2.24, 2.45) is 11.8 Å². The van der Waals surface area contributed by atoms with Gasteiger partial charge in [0.2, 0.25) is 0 Å². The second kappa shape index (κ2) is 3.97. The Morgan fingerprint density at radius 2 is 1.46 bits per heavy atom. The highest BCUT2D eigenvalue weighted by Gasteiger charge is 2.36. The first kappa shape index (κ1) is 9.47. The Labute approximate surface area is 80.0 Å². The third-order valence-electron chi connectivity index (χ3n) is 3.88. The fourth-order valence-electron chi connectivity index (χ4n) is 3.09. The topological polar surface area (TPSA) is 40.5 Å². The highest BCUT2D eigenvalue weighted by Crippen LogP contribution is 2.39. The molecule has 0 aliphatic heterocycles. The summed E-state index contributed by atoms with van der Waals surface area (Å²) in [5, 5.41) is 19.4. The molecule has 2 rings (SSSR count). The van der Waals surface area contributed by atoms with Gasteiger partial charge in [0.25, 0.3) is 0 Å². The molecule has 2 saturated carbocycles. The molecular weight excluding hydrogens is 164 g/mol. The maximum atomic E-state index is 9.85. The molecule has 0 aromatic rings. The van der Waals surface area contributed by atoms with E-state index in [1.54, 1.807) is 0 Å². The van der Waals surface area contributed by atoms with E-state index in [1.807, 2.05) is 0 Å². The van der Waals surface area contributed by atoms with E-state index in [2.05, 4.69) is 0 Å². The Hall–Kier alpha value is -0.0800. The van der Waals surface area contributed by atoms with E-state index in [1.165, 1.54) is 25.7 Å². The van der Waals surface area contributed by atoms with Crippen LogP contribution in [0.5, 0.6) is 0 Å². The lowest BCUT2D eigenvalue weighted by molar-refractivity contribution is -0.0609. The lowest BCUT2D eigenvalue weighted by Gasteiger charge is -2.35. The molecule has 0 radical (unpaired) electrons. The highest BCUT2D eigenvalue weighted by molar-refractivity contribution is 4.87. The summed E-state index contributed by atoms with van der Waals surface area (Å²) in [5.74, 6) is 1.09. The Morgan fingerprint density at radius 3 is 2.15 bits per heavy atom. The van der Waals surface area contributed by atoms with Gasteiger partial charge in [0, 0.05) is 0 Å². The fraction of sp³-hybridized carbons (Fsp3) is 1.00. The summed E-state index contributed by atoms with van der Waals surface area (Å²) in [7, 11) is 0. The summed E-state index contributed by atoms with van der Waals surface area (Å²) in [4.78, 5) is 0. The molecule has 2 heteroatoms. The van der Waals surface area contributed by atoms with Crippen LogP contribution in [0.3, 0.4) is 0 Å². The predicted octanol–water partition coefficient (Wildman–Crippen LogP) is 1.70. The average molecular weight is 184 g/mol. The van der Waals surface area contributed by atoms with Gasteiger partial charge < -0.3 is 10.2 Å². The quantitative estimate of drug-likeness (QED) is 0.651. The minimum absolute atomic E-state index is 0.395. The second-order valence-corrected chi connectivity index (χ2v) is 4.70. The van der Waals surface area contributed by atoms with Crippen molar-refractivity contribution in [2.75, 3.05) is 0 Å². The van der Waals surface area contributed by atoms with Gasteiger partial charge in [-0.15, -0.1) is 0 Å². The van der Waals surface area contributed by atoms with Gasteiger partial charge in [0.05, 0.1) is 12.2 Å². The van der Waals surface area contributed by atoms with E-state index in [9.17, 15) is 10.2 Å².